The summed E-state index contributed by atoms with van der Waals surface area (Å²) in [5.74, 6) is -2.16. The van der Waals surface area contributed by atoms with E-state index in [1.54, 1.807) is 0 Å². The van der Waals surface area contributed by atoms with Crippen molar-refractivity contribution in [3.63, 3.8) is 0 Å². The van der Waals surface area contributed by atoms with Crippen LogP contribution in [0.2, 0.25) is 5.15 Å². The Morgan fingerprint density at radius 1 is 1.24 bits per heavy atom. The van der Waals surface area contributed by atoms with Gasteiger partial charge in [0.25, 0.3) is 5.91 Å². The lowest BCUT2D eigenvalue weighted by molar-refractivity contribution is -0.139. The largest absolute Gasteiger partial charge is 0.419 e. The topological polar surface area (TPSA) is 42.0 Å². The Morgan fingerprint density at radius 2 is 1.95 bits per heavy atom. The summed E-state index contributed by atoms with van der Waals surface area (Å²) >= 11 is 5.70. The number of amides is 1. The van der Waals surface area contributed by atoms with Gasteiger partial charge in [-0.3, -0.25) is 4.79 Å². The van der Waals surface area contributed by atoms with Gasteiger partial charge in [0.1, 0.15) is 11.0 Å². The van der Waals surface area contributed by atoms with E-state index in [-0.39, 0.29) is 16.4 Å². The lowest BCUT2D eigenvalue weighted by Gasteiger charge is -2.11. The first-order chi connectivity index (χ1) is 9.79. The Labute approximate surface area is 121 Å². The van der Waals surface area contributed by atoms with Gasteiger partial charge in [-0.2, -0.15) is 13.2 Å². The molecule has 110 valence electrons. The minimum absolute atomic E-state index is 0.00273. The summed E-state index contributed by atoms with van der Waals surface area (Å²) in [6.07, 6.45) is -3.49. The first-order valence-corrected chi connectivity index (χ1v) is 5.95. The number of hydrogen-bond acceptors (Lipinski definition) is 2. The molecule has 8 heteroatoms. The summed E-state index contributed by atoms with van der Waals surface area (Å²) in [5.41, 5.74) is -1.66. The van der Waals surface area contributed by atoms with Gasteiger partial charge in [-0.1, -0.05) is 11.6 Å². The number of anilines is 1. The van der Waals surface area contributed by atoms with E-state index in [2.05, 4.69) is 10.3 Å². The maximum Gasteiger partial charge on any atom is 0.419 e. The maximum atomic E-state index is 13.1. The van der Waals surface area contributed by atoms with Crippen molar-refractivity contribution in [2.24, 2.45) is 0 Å². The van der Waals surface area contributed by atoms with Crippen LogP contribution in [0.4, 0.5) is 23.2 Å². The molecule has 1 amide bonds. The van der Waals surface area contributed by atoms with Crippen molar-refractivity contribution in [1.82, 2.24) is 4.98 Å². The van der Waals surface area contributed by atoms with E-state index < -0.39 is 23.5 Å². The normalized spacial score (nSPS) is 11.3. The molecule has 0 atom stereocenters. The zero-order valence-electron chi connectivity index (χ0n) is 10.2. The number of alkyl halides is 3. The van der Waals surface area contributed by atoms with Crippen molar-refractivity contribution in [2.75, 3.05) is 5.32 Å². The Kier molecular flexibility index (Phi) is 4.13. The van der Waals surface area contributed by atoms with E-state index in [1.807, 2.05) is 0 Å². The second-order valence-corrected chi connectivity index (χ2v) is 4.35. The van der Waals surface area contributed by atoms with Crippen LogP contribution < -0.4 is 5.32 Å². The van der Waals surface area contributed by atoms with E-state index in [1.165, 1.54) is 18.3 Å². The number of pyridine rings is 1. The lowest BCUT2D eigenvalue weighted by atomic mass is 10.1. The van der Waals surface area contributed by atoms with Crippen LogP contribution in [0.5, 0.6) is 0 Å². The van der Waals surface area contributed by atoms with Crippen molar-refractivity contribution in [3.8, 4) is 0 Å². The molecule has 2 aromatic rings. The Balaban J connectivity index is 2.29. The van der Waals surface area contributed by atoms with Gasteiger partial charge in [0.2, 0.25) is 0 Å². The molecular formula is C13H7ClF4N2O. The standard InChI is InChI=1S/C13H7ClF4N2O/c14-11-8(2-1-5-19-11)12(21)20-7-3-4-10(15)9(6-7)13(16,17)18/h1-6H,(H,20,21). The zero-order chi connectivity index (χ0) is 15.6. The SMILES string of the molecule is O=C(Nc1ccc(F)c(C(F)(F)F)c1)c1cccnc1Cl. The third-order valence-electron chi connectivity index (χ3n) is 2.53. The molecule has 0 aliphatic rings. The monoisotopic (exact) mass is 318 g/mol. The molecule has 0 saturated carbocycles. The second-order valence-electron chi connectivity index (χ2n) is 3.99. The third kappa shape index (κ3) is 3.49. The summed E-state index contributed by atoms with van der Waals surface area (Å²) in [6, 6.07) is 4.97. The predicted octanol–water partition coefficient (Wildman–Crippen LogP) is 4.15. The molecule has 0 aliphatic heterocycles. The van der Waals surface area contributed by atoms with Crippen molar-refractivity contribution in [3.05, 3.63) is 58.6 Å². The molecule has 21 heavy (non-hydrogen) atoms. The number of nitrogens with zero attached hydrogens (tertiary/aromatic N) is 1. The highest BCUT2D eigenvalue weighted by atomic mass is 35.5. The summed E-state index contributed by atoms with van der Waals surface area (Å²) in [6.45, 7) is 0. The lowest BCUT2D eigenvalue weighted by Crippen LogP contribution is -2.15. The van der Waals surface area contributed by atoms with Crippen molar-refractivity contribution >= 4 is 23.2 Å². The molecular weight excluding hydrogens is 312 g/mol. The average molecular weight is 319 g/mol. The maximum absolute atomic E-state index is 13.1. The Morgan fingerprint density at radius 3 is 2.57 bits per heavy atom. The van der Waals surface area contributed by atoms with Gasteiger partial charge in [-0.05, 0) is 30.3 Å². The molecule has 1 aromatic heterocycles. The van der Waals surface area contributed by atoms with Crippen LogP contribution in [0.1, 0.15) is 15.9 Å². The van der Waals surface area contributed by atoms with Gasteiger partial charge in [-0.25, -0.2) is 9.37 Å². The number of halogens is 5. The molecule has 1 heterocycles. The molecule has 0 fully saturated rings. The van der Waals surface area contributed by atoms with Gasteiger partial charge < -0.3 is 5.32 Å². The number of carbonyl (C=O) groups excluding carboxylic acids is 1. The predicted molar refractivity (Wildman–Crippen MR) is 68.6 cm³/mol. The van der Waals surface area contributed by atoms with Crippen LogP contribution in [0.15, 0.2) is 36.5 Å². The van der Waals surface area contributed by atoms with Crippen LogP contribution in [0.3, 0.4) is 0 Å². The number of benzene rings is 1. The molecule has 1 N–H and O–H groups in total. The van der Waals surface area contributed by atoms with Gasteiger partial charge in [-0.15, -0.1) is 0 Å². The molecule has 0 radical (unpaired) electrons. The summed E-state index contributed by atoms with van der Waals surface area (Å²) in [7, 11) is 0. The van der Waals surface area contributed by atoms with Gasteiger partial charge in [0, 0.05) is 11.9 Å². The molecule has 0 spiro atoms. The highest BCUT2D eigenvalue weighted by Gasteiger charge is 2.34. The first-order valence-electron chi connectivity index (χ1n) is 5.57. The molecule has 3 nitrogen and oxygen atoms in total. The van der Waals surface area contributed by atoms with E-state index >= 15 is 0 Å². The highest BCUT2D eigenvalue weighted by Crippen LogP contribution is 2.33. The van der Waals surface area contributed by atoms with E-state index in [0.29, 0.717) is 12.1 Å². The fourth-order valence-corrected chi connectivity index (χ4v) is 1.78. The Hall–Kier alpha value is -2.15. The van der Waals surface area contributed by atoms with Gasteiger partial charge >= 0.3 is 6.18 Å². The van der Waals surface area contributed by atoms with E-state index in [4.69, 9.17) is 11.6 Å². The minimum atomic E-state index is -4.85. The molecule has 0 saturated heterocycles. The third-order valence-corrected chi connectivity index (χ3v) is 2.83. The summed E-state index contributed by atoms with van der Waals surface area (Å²) in [4.78, 5) is 15.5. The number of rotatable bonds is 2. The van der Waals surface area contributed by atoms with Crippen LogP contribution in [-0.2, 0) is 6.18 Å². The average Bonchev–Trinajstić information content (AvgIpc) is 2.40. The highest BCUT2D eigenvalue weighted by molar-refractivity contribution is 6.33. The first kappa shape index (κ1) is 15.2. The van der Waals surface area contributed by atoms with E-state index in [0.717, 1.165) is 6.07 Å². The minimum Gasteiger partial charge on any atom is -0.322 e. The molecule has 0 bridgehead atoms. The molecule has 1 aromatic carbocycles. The summed E-state index contributed by atoms with van der Waals surface area (Å²) in [5, 5.41) is 2.12. The Bertz CT molecular complexity index is 688. The van der Waals surface area contributed by atoms with Crippen molar-refractivity contribution < 1.29 is 22.4 Å². The van der Waals surface area contributed by atoms with Crippen molar-refractivity contribution in [2.45, 2.75) is 6.18 Å². The van der Waals surface area contributed by atoms with Gasteiger partial charge in [0.05, 0.1) is 11.1 Å². The van der Waals surface area contributed by atoms with Gasteiger partial charge in [0.15, 0.2) is 0 Å². The van der Waals surface area contributed by atoms with Crippen LogP contribution >= 0.6 is 11.6 Å². The number of hydrogen-bond donors (Lipinski definition) is 1. The second kappa shape index (κ2) is 5.69. The fraction of sp³-hybridized carbons (Fsp3) is 0.0769. The van der Waals surface area contributed by atoms with Crippen LogP contribution in [0.25, 0.3) is 0 Å². The van der Waals surface area contributed by atoms with Crippen LogP contribution in [0, 0.1) is 5.82 Å². The number of nitrogens with one attached hydrogen (secondary N) is 1. The molecule has 2 rings (SSSR count). The van der Waals surface area contributed by atoms with Crippen molar-refractivity contribution in [1.29, 1.82) is 0 Å². The fourth-order valence-electron chi connectivity index (χ4n) is 1.57. The quantitative estimate of drug-likeness (QED) is 0.668. The summed E-state index contributed by atoms with van der Waals surface area (Å²) < 4.78 is 50.8. The number of aromatic nitrogens is 1. The number of carbonyl (C=O) groups is 1. The van der Waals surface area contributed by atoms with E-state index in [9.17, 15) is 22.4 Å². The zero-order valence-corrected chi connectivity index (χ0v) is 11.0. The van der Waals surface area contributed by atoms with Crippen LogP contribution in [-0.4, -0.2) is 10.9 Å². The molecule has 0 aliphatic carbocycles. The smallest absolute Gasteiger partial charge is 0.322 e. The molecule has 0 unspecified atom stereocenters.